The second-order valence-corrected chi connectivity index (χ2v) is 6.63. The van der Waals surface area contributed by atoms with Gasteiger partial charge in [0.15, 0.2) is 0 Å². The average Bonchev–Trinajstić information content (AvgIpc) is 2.18. The van der Waals surface area contributed by atoms with E-state index in [0.717, 1.165) is 17.8 Å². The molecule has 16 heavy (non-hydrogen) atoms. The molecular weight excluding hydrogens is 192 g/mol. The molecule has 0 aliphatic rings. The number of hydrogen-bond acceptors (Lipinski definition) is 0. The van der Waals surface area contributed by atoms with Gasteiger partial charge in [-0.3, -0.25) is 0 Å². The molecule has 0 spiro atoms. The lowest BCUT2D eigenvalue weighted by atomic mass is 9.72. The van der Waals surface area contributed by atoms with Gasteiger partial charge in [0, 0.05) is 0 Å². The summed E-state index contributed by atoms with van der Waals surface area (Å²) in [6, 6.07) is 0. The Bertz CT molecular complexity index is 159. The Morgan fingerprint density at radius 1 is 0.875 bits per heavy atom. The molecule has 0 aromatic carbocycles. The average molecular weight is 226 g/mol. The van der Waals surface area contributed by atoms with Crippen LogP contribution in [0, 0.1) is 23.2 Å². The van der Waals surface area contributed by atoms with E-state index in [-0.39, 0.29) is 0 Å². The van der Waals surface area contributed by atoms with Gasteiger partial charge in [0.25, 0.3) is 0 Å². The third-order valence-corrected chi connectivity index (χ3v) is 4.51. The summed E-state index contributed by atoms with van der Waals surface area (Å²) in [7, 11) is 0. The second-order valence-electron chi connectivity index (χ2n) is 6.63. The fourth-order valence-electron chi connectivity index (χ4n) is 2.68. The summed E-state index contributed by atoms with van der Waals surface area (Å²) in [5.74, 6) is 2.74. The van der Waals surface area contributed by atoms with Gasteiger partial charge >= 0.3 is 0 Å². The van der Waals surface area contributed by atoms with Crippen LogP contribution in [-0.4, -0.2) is 0 Å². The first-order chi connectivity index (χ1) is 7.36. The third-order valence-electron chi connectivity index (χ3n) is 4.51. The van der Waals surface area contributed by atoms with Gasteiger partial charge in [0.05, 0.1) is 0 Å². The molecule has 0 heterocycles. The van der Waals surface area contributed by atoms with Crippen molar-refractivity contribution in [3.8, 4) is 0 Å². The lowest BCUT2D eigenvalue weighted by Gasteiger charge is -2.34. The molecule has 2 atom stereocenters. The first kappa shape index (κ1) is 16.0. The standard InChI is InChI=1S/C16H34/c1-8-11-15(14(9-2)10-3)12-13(4)16(5,6)7/h13-15H,8-12H2,1-7H3. The lowest BCUT2D eigenvalue weighted by molar-refractivity contribution is 0.168. The van der Waals surface area contributed by atoms with Crippen LogP contribution in [0.15, 0.2) is 0 Å². The summed E-state index contributed by atoms with van der Waals surface area (Å²) < 4.78 is 0. The molecule has 0 bridgehead atoms. The van der Waals surface area contributed by atoms with E-state index in [1.807, 2.05) is 0 Å². The highest BCUT2D eigenvalue weighted by Crippen LogP contribution is 2.36. The van der Waals surface area contributed by atoms with Gasteiger partial charge in [0.1, 0.15) is 0 Å². The van der Waals surface area contributed by atoms with Crippen molar-refractivity contribution >= 4 is 0 Å². The molecule has 0 radical (unpaired) electrons. The molecular formula is C16H34. The van der Waals surface area contributed by atoms with Crippen molar-refractivity contribution in [2.75, 3.05) is 0 Å². The minimum atomic E-state index is 0.470. The van der Waals surface area contributed by atoms with Crippen molar-refractivity contribution in [1.29, 1.82) is 0 Å². The van der Waals surface area contributed by atoms with Gasteiger partial charge in [-0.25, -0.2) is 0 Å². The van der Waals surface area contributed by atoms with Gasteiger partial charge in [-0.05, 0) is 29.6 Å². The fourth-order valence-corrected chi connectivity index (χ4v) is 2.68. The Labute approximate surface area is 104 Å². The van der Waals surface area contributed by atoms with Crippen LogP contribution in [0.25, 0.3) is 0 Å². The lowest BCUT2D eigenvalue weighted by Crippen LogP contribution is -2.24. The largest absolute Gasteiger partial charge is 0.0654 e. The minimum Gasteiger partial charge on any atom is -0.0654 e. The highest BCUT2D eigenvalue weighted by atomic mass is 14.3. The van der Waals surface area contributed by atoms with Crippen molar-refractivity contribution in [1.82, 2.24) is 0 Å². The van der Waals surface area contributed by atoms with Crippen molar-refractivity contribution < 1.29 is 0 Å². The van der Waals surface area contributed by atoms with Crippen LogP contribution in [-0.2, 0) is 0 Å². The summed E-state index contributed by atoms with van der Waals surface area (Å²) >= 11 is 0. The smallest absolute Gasteiger partial charge is 0.0357 e. The van der Waals surface area contributed by atoms with Crippen molar-refractivity contribution in [2.45, 2.75) is 80.6 Å². The molecule has 0 heteroatoms. The zero-order valence-corrected chi connectivity index (χ0v) is 12.8. The Morgan fingerprint density at radius 2 is 1.38 bits per heavy atom. The van der Waals surface area contributed by atoms with E-state index in [1.54, 1.807) is 0 Å². The highest BCUT2D eigenvalue weighted by Gasteiger charge is 2.26. The van der Waals surface area contributed by atoms with Crippen LogP contribution < -0.4 is 0 Å². The van der Waals surface area contributed by atoms with Crippen LogP contribution in [0.4, 0.5) is 0 Å². The number of rotatable bonds is 7. The van der Waals surface area contributed by atoms with Crippen molar-refractivity contribution in [2.24, 2.45) is 23.2 Å². The van der Waals surface area contributed by atoms with E-state index in [4.69, 9.17) is 0 Å². The molecule has 0 aliphatic carbocycles. The molecule has 0 aromatic rings. The third kappa shape index (κ3) is 5.37. The Balaban J connectivity index is 4.43. The highest BCUT2D eigenvalue weighted by molar-refractivity contribution is 4.76. The second kappa shape index (κ2) is 7.35. The molecule has 0 aliphatic heterocycles. The molecule has 0 N–H and O–H groups in total. The summed E-state index contributed by atoms with van der Waals surface area (Å²) in [6.45, 7) is 16.6. The van der Waals surface area contributed by atoms with Crippen LogP contribution >= 0.6 is 0 Å². The van der Waals surface area contributed by atoms with Gasteiger partial charge in [0.2, 0.25) is 0 Å². The van der Waals surface area contributed by atoms with Crippen molar-refractivity contribution in [3.05, 3.63) is 0 Å². The van der Waals surface area contributed by atoms with Gasteiger partial charge in [-0.2, -0.15) is 0 Å². The maximum absolute atomic E-state index is 2.44. The fraction of sp³-hybridized carbons (Fsp3) is 1.00. The quantitative estimate of drug-likeness (QED) is 0.506. The van der Waals surface area contributed by atoms with Crippen LogP contribution in [0.2, 0.25) is 0 Å². The van der Waals surface area contributed by atoms with E-state index in [2.05, 4.69) is 48.5 Å². The first-order valence-electron chi connectivity index (χ1n) is 7.36. The molecule has 2 unspecified atom stereocenters. The predicted molar refractivity (Wildman–Crippen MR) is 75.7 cm³/mol. The first-order valence-corrected chi connectivity index (χ1v) is 7.36. The van der Waals surface area contributed by atoms with Gasteiger partial charge in [-0.15, -0.1) is 0 Å². The Kier molecular flexibility index (Phi) is 7.35. The molecule has 0 saturated carbocycles. The van der Waals surface area contributed by atoms with E-state index < -0.39 is 0 Å². The van der Waals surface area contributed by atoms with Crippen LogP contribution in [0.1, 0.15) is 80.6 Å². The molecule has 0 fully saturated rings. The maximum Gasteiger partial charge on any atom is -0.0357 e. The summed E-state index contributed by atoms with van der Waals surface area (Å²) in [5, 5.41) is 0. The topological polar surface area (TPSA) is 0 Å². The number of hydrogen-bond donors (Lipinski definition) is 0. The Morgan fingerprint density at radius 3 is 1.69 bits per heavy atom. The van der Waals surface area contributed by atoms with Crippen molar-refractivity contribution in [3.63, 3.8) is 0 Å². The minimum absolute atomic E-state index is 0.470. The van der Waals surface area contributed by atoms with E-state index >= 15 is 0 Å². The summed E-state index contributed by atoms with van der Waals surface area (Å²) in [4.78, 5) is 0. The summed E-state index contributed by atoms with van der Waals surface area (Å²) in [5.41, 5.74) is 0.470. The molecule has 0 aromatic heterocycles. The van der Waals surface area contributed by atoms with E-state index in [9.17, 15) is 0 Å². The normalized spacial score (nSPS) is 16.5. The molecule has 0 rings (SSSR count). The van der Waals surface area contributed by atoms with Gasteiger partial charge in [-0.1, -0.05) is 74.1 Å². The van der Waals surface area contributed by atoms with Gasteiger partial charge < -0.3 is 0 Å². The zero-order valence-electron chi connectivity index (χ0n) is 12.8. The molecule has 0 amide bonds. The molecule has 0 nitrogen and oxygen atoms in total. The zero-order chi connectivity index (χ0) is 12.8. The van der Waals surface area contributed by atoms with Crippen LogP contribution in [0.5, 0.6) is 0 Å². The van der Waals surface area contributed by atoms with E-state index in [1.165, 1.54) is 32.1 Å². The van der Waals surface area contributed by atoms with E-state index in [0.29, 0.717) is 5.41 Å². The SMILES string of the molecule is CCCC(CC(C)C(C)(C)C)C(CC)CC. The molecule has 98 valence electrons. The summed E-state index contributed by atoms with van der Waals surface area (Å²) in [6.07, 6.45) is 6.91. The van der Waals surface area contributed by atoms with Crippen LogP contribution in [0.3, 0.4) is 0 Å². The molecule has 0 saturated heterocycles. The predicted octanol–water partition coefficient (Wildman–Crippen LogP) is 5.91. The monoisotopic (exact) mass is 226 g/mol. The maximum atomic E-state index is 2.44. The Hall–Kier alpha value is 0.